The van der Waals surface area contributed by atoms with E-state index in [9.17, 15) is 4.79 Å². The molecule has 3 unspecified atom stereocenters. The zero-order valence-electron chi connectivity index (χ0n) is 16.2. The zero-order chi connectivity index (χ0) is 19.1. The summed E-state index contributed by atoms with van der Waals surface area (Å²) in [6.45, 7) is 4.81. The van der Waals surface area contributed by atoms with Gasteiger partial charge in [-0.1, -0.05) is 6.42 Å². The number of nitrogens with one attached hydrogen (secondary N) is 1. The van der Waals surface area contributed by atoms with E-state index < -0.39 is 0 Å². The van der Waals surface area contributed by atoms with Gasteiger partial charge in [0.1, 0.15) is 11.6 Å². The molecule has 2 saturated carbocycles. The molecule has 2 amide bonds. The van der Waals surface area contributed by atoms with Gasteiger partial charge in [-0.3, -0.25) is 5.32 Å². The molecule has 1 saturated heterocycles. The summed E-state index contributed by atoms with van der Waals surface area (Å²) in [6, 6.07) is 1.88. The Labute approximate surface area is 169 Å². The fraction of sp³-hybridized carbons (Fsp3) is 0.600. The minimum absolute atomic E-state index is 0.0487. The van der Waals surface area contributed by atoms with Crippen LogP contribution in [0.5, 0.6) is 0 Å². The summed E-state index contributed by atoms with van der Waals surface area (Å²) in [4.78, 5) is 30.1. The van der Waals surface area contributed by atoms with Crippen molar-refractivity contribution in [1.82, 2.24) is 19.9 Å². The van der Waals surface area contributed by atoms with Gasteiger partial charge in [0, 0.05) is 43.7 Å². The maximum absolute atomic E-state index is 12.7. The Morgan fingerprint density at radius 1 is 1.18 bits per heavy atom. The van der Waals surface area contributed by atoms with E-state index in [-0.39, 0.29) is 6.03 Å². The average Bonchev–Trinajstić information content (AvgIpc) is 3.45. The van der Waals surface area contributed by atoms with Crippen LogP contribution in [0.25, 0.3) is 0 Å². The third-order valence-electron chi connectivity index (χ3n) is 6.51. The largest absolute Gasteiger partial charge is 0.353 e. The minimum Gasteiger partial charge on any atom is -0.353 e. The summed E-state index contributed by atoms with van der Waals surface area (Å²) in [6.07, 6.45) is 7.19. The van der Waals surface area contributed by atoms with Crippen molar-refractivity contribution < 1.29 is 4.79 Å². The summed E-state index contributed by atoms with van der Waals surface area (Å²) < 4.78 is 0. The minimum atomic E-state index is -0.0487. The quantitative estimate of drug-likeness (QED) is 0.857. The second-order valence-electron chi connectivity index (χ2n) is 8.23. The number of hydrogen-bond acceptors (Lipinski definition) is 6. The lowest BCUT2D eigenvalue weighted by Crippen LogP contribution is -2.50. The molecule has 2 bridgehead atoms. The first-order valence-corrected chi connectivity index (χ1v) is 11.1. The number of anilines is 2. The summed E-state index contributed by atoms with van der Waals surface area (Å²) in [5.74, 6) is 4.04. The monoisotopic (exact) mass is 398 g/mol. The summed E-state index contributed by atoms with van der Waals surface area (Å²) in [5.41, 5.74) is 1.19. The third kappa shape index (κ3) is 3.45. The number of urea groups is 1. The van der Waals surface area contributed by atoms with Gasteiger partial charge in [0.25, 0.3) is 0 Å². The Morgan fingerprint density at radius 2 is 2.04 bits per heavy atom. The van der Waals surface area contributed by atoms with Crippen molar-refractivity contribution in [3.63, 3.8) is 0 Å². The van der Waals surface area contributed by atoms with Gasteiger partial charge in [-0.15, -0.1) is 11.3 Å². The summed E-state index contributed by atoms with van der Waals surface area (Å²) in [7, 11) is 0. The lowest BCUT2D eigenvalue weighted by molar-refractivity contribution is 0.208. The van der Waals surface area contributed by atoms with Gasteiger partial charge in [-0.2, -0.15) is 0 Å². The van der Waals surface area contributed by atoms with E-state index in [2.05, 4.69) is 25.6 Å². The molecular weight excluding hydrogens is 372 g/mol. The molecule has 0 radical (unpaired) electrons. The highest BCUT2D eigenvalue weighted by molar-refractivity contribution is 7.13. The Bertz CT molecular complexity index is 862. The van der Waals surface area contributed by atoms with Crippen LogP contribution in [0.1, 0.15) is 43.1 Å². The molecule has 3 aliphatic rings. The predicted molar refractivity (Wildman–Crippen MR) is 110 cm³/mol. The SMILES string of the molecule is Cc1nccc(N2CCN(C(=O)Nc3nc(C4CC5CCC4C5)cs3)CC2)n1. The van der Waals surface area contributed by atoms with Crippen LogP contribution < -0.4 is 10.2 Å². The number of amides is 2. The fourth-order valence-corrected chi connectivity index (χ4v) is 5.81. The zero-order valence-corrected chi connectivity index (χ0v) is 17.0. The van der Waals surface area contributed by atoms with Crippen molar-refractivity contribution in [1.29, 1.82) is 0 Å². The molecule has 8 heteroatoms. The normalized spacial score (nSPS) is 26.7. The number of carbonyl (C=O) groups excluding carboxylic acids is 1. The molecule has 1 N–H and O–H groups in total. The highest BCUT2D eigenvalue weighted by Crippen LogP contribution is 2.52. The molecular formula is C20H26N6OS. The molecule has 0 aromatic carbocycles. The molecule has 28 heavy (non-hydrogen) atoms. The maximum atomic E-state index is 12.7. The highest BCUT2D eigenvalue weighted by atomic mass is 32.1. The molecule has 3 heterocycles. The van der Waals surface area contributed by atoms with Gasteiger partial charge in [0.2, 0.25) is 0 Å². The molecule has 3 fully saturated rings. The van der Waals surface area contributed by atoms with Crippen LogP contribution >= 0.6 is 11.3 Å². The second-order valence-corrected chi connectivity index (χ2v) is 9.08. The first kappa shape index (κ1) is 17.8. The van der Waals surface area contributed by atoms with E-state index >= 15 is 0 Å². The molecule has 5 rings (SSSR count). The number of aryl methyl sites for hydroxylation is 1. The Morgan fingerprint density at radius 3 is 2.75 bits per heavy atom. The fourth-order valence-electron chi connectivity index (χ4n) is 5.05. The Hall–Kier alpha value is -2.22. The van der Waals surface area contributed by atoms with Crippen LogP contribution in [0.4, 0.5) is 15.7 Å². The van der Waals surface area contributed by atoms with Crippen molar-refractivity contribution in [3.05, 3.63) is 29.2 Å². The maximum Gasteiger partial charge on any atom is 0.323 e. The molecule has 148 valence electrons. The number of nitrogens with zero attached hydrogens (tertiary/aromatic N) is 5. The van der Waals surface area contributed by atoms with E-state index in [4.69, 9.17) is 4.98 Å². The van der Waals surface area contributed by atoms with Gasteiger partial charge in [0.15, 0.2) is 5.13 Å². The molecule has 0 spiro atoms. The second kappa shape index (κ2) is 7.31. The van der Waals surface area contributed by atoms with E-state index in [1.165, 1.54) is 31.4 Å². The standard InChI is InChI=1S/C20H26N6OS/c1-13-21-5-4-18(22-13)25-6-8-26(9-7-25)20(27)24-19-23-17(12-28-19)16-11-14-2-3-15(16)10-14/h4-5,12,14-16H,2-3,6-11H2,1H3,(H,23,24,27). The van der Waals surface area contributed by atoms with Crippen molar-refractivity contribution in [2.24, 2.45) is 11.8 Å². The third-order valence-corrected chi connectivity index (χ3v) is 7.28. The smallest absolute Gasteiger partial charge is 0.323 e. The van der Waals surface area contributed by atoms with Gasteiger partial charge >= 0.3 is 6.03 Å². The number of hydrogen-bond donors (Lipinski definition) is 1. The van der Waals surface area contributed by atoms with E-state index in [1.54, 1.807) is 17.5 Å². The van der Waals surface area contributed by atoms with Gasteiger partial charge in [0.05, 0.1) is 5.69 Å². The molecule has 2 aromatic heterocycles. The summed E-state index contributed by atoms with van der Waals surface area (Å²) >= 11 is 1.56. The first-order valence-electron chi connectivity index (χ1n) is 10.2. The average molecular weight is 399 g/mol. The molecule has 2 aromatic rings. The Balaban J connectivity index is 1.16. The lowest BCUT2D eigenvalue weighted by Gasteiger charge is -2.35. The predicted octanol–water partition coefficient (Wildman–Crippen LogP) is 3.50. The Kier molecular flexibility index (Phi) is 4.66. The van der Waals surface area contributed by atoms with Gasteiger partial charge in [-0.25, -0.2) is 19.7 Å². The molecule has 3 atom stereocenters. The molecule has 1 aliphatic heterocycles. The van der Waals surface area contributed by atoms with Gasteiger partial charge < -0.3 is 9.80 Å². The first-order chi connectivity index (χ1) is 13.7. The summed E-state index contributed by atoms with van der Waals surface area (Å²) in [5, 5.41) is 5.90. The van der Waals surface area contributed by atoms with E-state index in [0.29, 0.717) is 19.0 Å². The number of thiazole rings is 1. The van der Waals surface area contributed by atoms with Crippen molar-refractivity contribution in [2.75, 3.05) is 36.4 Å². The van der Waals surface area contributed by atoms with Crippen LogP contribution in [0.3, 0.4) is 0 Å². The number of aromatic nitrogens is 3. The van der Waals surface area contributed by atoms with Gasteiger partial charge in [-0.05, 0) is 44.1 Å². The molecule has 7 nitrogen and oxygen atoms in total. The van der Waals surface area contributed by atoms with Crippen LogP contribution in [0.15, 0.2) is 17.6 Å². The van der Waals surface area contributed by atoms with Crippen molar-refractivity contribution in [2.45, 2.75) is 38.5 Å². The number of carbonyl (C=O) groups is 1. The highest BCUT2D eigenvalue weighted by Gasteiger charge is 2.41. The topological polar surface area (TPSA) is 74.2 Å². The number of fused-ring (bicyclic) bond motifs is 2. The van der Waals surface area contributed by atoms with Crippen LogP contribution in [-0.2, 0) is 0 Å². The number of piperazine rings is 1. The van der Waals surface area contributed by atoms with E-state index in [1.807, 2.05) is 17.9 Å². The van der Waals surface area contributed by atoms with E-state index in [0.717, 1.165) is 41.7 Å². The lowest BCUT2D eigenvalue weighted by atomic mass is 9.87. The molecule has 2 aliphatic carbocycles. The van der Waals surface area contributed by atoms with Crippen LogP contribution in [0.2, 0.25) is 0 Å². The van der Waals surface area contributed by atoms with Crippen molar-refractivity contribution in [3.8, 4) is 0 Å². The van der Waals surface area contributed by atoms with Crippen LogP contribution in [-0.4, -0.2) is 52.1 Å². The van der Waals surface area contributed by atoms with Crippen LogP contribution in [0, 0.1) is 18.8 Å². The van der Waals surface area contributed by atoms with Crippen molar-refractivity contribution >= 4 is 28.3 Å². The number of rotatable bonds is 3.